The van der Waals surface area contributed by atoms with Crippen molar-refractivity contribution in [1.29, 1.82) is 0 Å². The van der Waals surface area contributed by atoms with Gasteiger partial charge in [0.15, 0.2) is 0 Å². The summed E-state index contributed by atoms with van der Waals surface area (Å²) in [5.74, 6) is 0.0802. The molecule has 5 heteroatoms. The highest BCUT2D eigenvalue weighted by molar-refractivity contribution is 5.95. The van der Waals surface area contributed by atoms with Crippen LogP contribution in [-0.2, 0) is 0 Å². The van der Waals surface area contributed by atoms with Crippen LogP contribution in [0.3, 0.4) is 0 Å². The standard InChI is InChI=1S/C14H19FN2O.ClH/c1-10-7-12(15)4-5-13(10)14(18)17-6-2-3-11(8-16)9-17;/h4-5,7,11H,2-3,6,8-9,16H2,1H3;1H. The topological polar surface area (TPSA) is 46.3 Å². The molecule has 1 heterocycles. The van der Waals surface area contributed by atoms with Crippen LogP contribution in [0.15, 0.2) is 18.2 Å². The van der Waals surface area contributed by atoms with Gasteiger partial charge in [-0.15, -0.1) is 12.4 Å². The van der Waals surface area contributed by atoms with E-state index in [9.17, 15) is 9.18 Å². The minimum Gasteiger partial charge on any atom is -0.338 e. The van der Waals surface area contributed by atoms with E-state index in [1.54, 1.807) is 13.0 Å². The van der Waals surface area contributed by atoms with Crippen LogP contribution in [0.1, 0.15) is 28.8 Å². The van der Waals surface area contributed by atoms with E-state index in [2.05, 4.69) is 0 Å². The Bertz CT molecular complexity index is 453. The molecule has 1 fully saturated rings. The zero-order chi connectivity index (χ0) is 13.1. The first-order chi connectivity index (χ1) is 8.61. The molecule has 1 atom stereocenters. The third kappa shape index (κ3) is 3.67. The normalized spacial score (nSPS) is 18.9. The number of benzene rings is 1. The van der Waals surface area contributed by atoms with Crippen molar-refractivity contribution in [1.82, 2.24) is 4.90 Å². The second kappa shape index (κ2) is 6.87. The number of piperidine rings is 1. The highest BCUT2D eigenvalue weighted by Crippen LogP contribution is 2.19. The molecule has 2 rings (SSSR count). The lowest BCUT2D eigenvalue weighted by molar-refractivity contribution is 0.0677. The van der Waals surface area contributed by atoms with E-state index in [0.29, 0.717) is 30.1 Å². The predicted octanol–water partition coefficient (Wildman–Crippen LogP) is 2.37. The summed E-state index contributed by atoms with van der Waals surface area (Å²) in [6, 6.07) is 4.31. The van der Waals surface area contributed by atoms with Crippen LogP contribution in [0.25, 0.3) is 0 Å². The number of carbonyl (C=O) groups excluding carboxylic acids is 1. The average molecular weight is 287 g/mol. The summed E-state index contributed by atoms with van der Waals surface area (Å²) in [4.78, 5) is 14.2. The fraction of sp³-hybridized carbons (Fsp3) is 0.500. The highest BCUT2D eigenvalue weighted by atomic mass is 35.5. The molecule has 0 aromatic heterocycles. The number of rotatable bonds is 2. The third-order valence-corrected chi connectivity index (χ3v) is 3.56. The summed E-state index contributed by atoms with van der Waals surface area (Å²) in [7, 11) is 0. The van der Waals surface area contributed by atoms with Crippen molar-refractivity contribution in [2.24, 2.45) is 11.7 Å². The molecule has 2 N–H and O–H groups in total. The number of nitrogens with zero attached hydrogens (tertiary/aromatic N) is 1. The Morgan fingerprint density at radius 2 is 2.26 bits per heavy atom. The minimum absolute atomic E-state index is 0. The molecule has 1 aromatic carbocycles. The van der Waals surface area contributed by atoms with Crippen molar-refractivity contribution in [3.8, 4) is 0 Å². The van der Waals surface area contributed by atoms with E-state index in [1.807, 2.05) is 4.90 Å². The van der Waals surface area contributed by atoms with Gasteiger partial charge in [-0.2, -0.15) is 0 Å². The molecule has 0 bridgehead atoms. The first-order valence-corrected chi connectivity index (χ1v) is 6.37. The van der Waals surface area contributed by atoms with Crippen molar-refractivity contribution >= 4 is 18.3 Å². The van der Waals surface area contributed by atoms with Gasteiger partial charge in [-0.3, -0.25) is 4.79 Å². The quantitative estimate of drug-likeness (QED) is 0.907. The van der Waals surface area contributed by atoms with Crippen LogP contribution in [0.5, 0.6) is 0 Å². The van der Waals surface area contributed by atoms with Crippen LogP contribution >= 0.6 is 12.4 Å². The van der Waals surface area contributed by atoms with Crippen molar-refractivity contribution < 1.29 is 9.18 Å². The van der Waals surface area contributed by atoms with E-state index in [-0.39, 0.29) is 24.1 Å². The van der Waals surface area contributed by atoms with Crippen LogP contribution in [0.4, 0.5) is 4.39 Å². The molecule has 19 heavy (non-hydrogen) atoms. The Morgan fingerprint density at radius 3 is 2.89 bits per heavy atom. The molecule has 1 aliphatic rings. The van der Waals surface area contributed by atoms with Gasteiger partial charge in [0.25, 0.3) is 5.91 Å². The maximum Gasteiger partial charge on any atom is 0.254 e. The van der Waals surface area contributed by atoms with Crippen molar-refractivity contribution in [2.75, 3.05) is 19.6 Å². The van der Waals surface area contributed by atoms with Crippen molar-refractivity contribution in [3.05, 3.63) is 35.1 Å². The fourth-order valence-corrected chi connectivity index (χ4v) is 2.48. The van der Waals surface area contributed by atoms with Crippen molar-refractivity contribution in [3.63, 3.8) is 0 Å². The predicted molar refractivity (Wildman–Crippen MR) is 76.1 cm³/mol. The van der Waals surface area contributed by atoms with E-state index in [1.165, 1.54) is 12.1 Å². The van der Waals surface area contributed by atoms with E-state index >= 15 is 0 Å². The molecule has 1 saturated heterocycles. The maximum absolute atomic E-state index is 13.0. The molecular formula is C14H20ClFN2O. The van der Waals surface area contributed by atoms with Gasteiger partial charge in [-0.25, -0.2) is 4.39 Å². The van der Waals surface area contributed by atoms with Gasteiger partial charge in [0, 0.05) is 18.7 Å². The second-order valence-electron chi connectivity index (χ2n) is 4.95. The summed E-state index contributed by atoms with van der Waals surface area (Å²) in [6.45, 7) is 3.87. The molecule has 1 aromatic rings. The second-order valence-corrected chi connectivity index (χ2v) is 4.95. The lowest BCUT2D eigenvalue weighted by atomic mass is 9.97. The summed E-state index contributed by atoms with van der Waals surface area (Å²) >= 11 is 0. The summed E-state index contributed by atoms with van der Waals surface area (Å²) in [6.07, 6.45) is 2.08. The Labute approximate surface area is 119 Å². The SMILES string of the molecule is Cc1cc(F)ccc1C(=O)N1CCCC(CN)C1.Cl. The molecule has 0 saturated carbocycles. The van der Waals surface area contributed by atoms with E-state index in [4.69, 9.17) is 5.73 Å². The number of hydrogen-bond acceptors (Lipinski definition) is 2. The van der Waals surface area contributed by atoms with Gasteiger partial charge < -0.3 is 10.6 Å². The zero-order valence-corrected chi connectivity index (χ0v) is 11.9. The number of aryl methyl sites for hydroxylation is 1. The average Bonchev–Trinajstić information content (AvgIpc) is 2.38. The Balaban J connectivity index is 0.00000180. The highest BCUT2D eigenvalue weighted by Gasteiger charge is 2.24. The van der Waals surface area contributed by atoms with Gasteiger partial charge in [0.1, 0.15) is 5.82 Å². The van der Waals surface area contributed by atoms with E-state index < -0.39 is 0 Å². The minimum atomic E-state index is -0.303. The molecule has 106 valence electrons. The summed E-state index contributed by atoms with van der Waals surface area (Å²) < 4.78 is 13.0. The Kier molecular flexibility index (Phi) is 5.76. The lowest BCUT2D eigenvalue weighted by Crippen LogP contribution is -2.42. The number of hydrogen-bond donors (Lipinski definition) is 1. The smallest absolute Gasteiger partial charge is 0.254 e. The summed E-state index contributed by atoms with van der Waals surface area (Å²) in [5.41, 5.74) is 6.95. The monoisotopic (exact) mass is 286 g/mol. The number of amides is 1. The summed E-state index contributed by atoms with van der Waals surface area (Å²) in [5, 5.41) is 0. The van der Waals surface area contributed by atoms with Crippen LogP contribution in [0, 0.1) is 18.7 Å². The first-order valence-electron chi connectivity index (χ1n) is 6.37. The van der Waals surface area contributed by atoms with E-state index in [0.717, 1.165) is 19.4 Å². The molecule has 1 unspecified atom stereocenters. The Hall–Kier alpha value is -1.13. The molecule has 0 aliphatic carbocycles. The van der Waals surface area contributed by atoms with Gasteiger partial charge in [0.05, 0.1) is 0 Å². The molecule has 1 amide bonds. The maximum atomic E-state index is 13.0. The fourth-order valence-electron chi connectivity index (χ4n) is 2.48. The number of nitrogens with two attached hydrogens (primary N) is 1. The molecule has 3 nitrogen and oxygen atoms in total. The van der Waals surface area contributed by atoms with Gasteiger partial charge in [0.2, 0.25) is 0 Å². The Morgan fingerprint density at radius 1 is 1.53 bits per heavy atom. The molecule has 1 aliphatic heterocycles. The molecular weight excluding hydrogens is 267 g/mol. The van der Waals surface area contributed by atoms with Gasteiger partial charge in [-0.1, -0.05) is 0 Å². The van der Waals surface area contributed by atoms with Crippen LogP contribution in [0.2, 0.25) is 0 Å². The van der Waals surface area contributed by atoms with Gasteiger partial charge in [-0.05, 0) is 56.0 Å². The number of carbonyl (C=O) groups is 1. The van der Waals surface area contributed by atoms with Crippen LogP contribution < -0.4 is 5.73 Å². The molecule has 0 radical (unpaired) electrons. The zero-order valence-electron chi connectivity index (χ0n) is 11.1. The number of likely N-dealkylation sites (tertiary alicyclic amines) is 1. The third-order valence-electron chi connectivity index (χ3n) is 3.56. The number of halogens is 2. The van der Waals surface area contributed by atoms with Crippen molar-refractivity contribution in [2.45, 2.75) is 19.8 Å². The van der Waals surface area contributed by atoms with Crippen LogP contribution in [-0.4, -0.2) is 30.4 Å². The lowest BCUT2D eigenvalue weighted by Gasteiger charge is -2.32. The largest absolute Gasteiger partial charge is 0.338 e. The van der Waals surface area contributed by atoms with Gasteiger partial charge >= 0.3 is 0 Å². The first kappa shape index (κ1) is 15.9. The molecule has 0 spiro atoms.